The first-order chi connectivity index (χ1) is 6.59. The molecule has 0 saturated carbocycles. The van der Waals surface area contributed by atoms with Crippen LogP contribution in [0.5, 0.6) is 0 Å². The van der Waals surface area contributed by atoms with Gasteiger partial charge >= 0.3 is 6.09 Å². The number of halogens is 2. The molecule has 14 heavy (non-hydrogen) atoms. The quantitative estimate of drug-likeness (QED) is 0.758. The third kappa shape index (κ3) is 1.32. The number of fused-ring (bicyclic) bond motifs is 1. The minimum atomic E-state index is -1.18. The minimum Gasteiger partial charge on any atom is -0.464 e. The van der Waals surface area contributed by atoms with Gasteiger partial charge in [-0.15, -0.1) is 0 Å². The molecule has 0 atom stereocenters. The molecule has 0 aliphatic heterocycles. The lowest BCUT2D eigenvalue weighted by atomic mass is 10.3. The van der Waals surface area contributed by atoms with Gasteiger partial charge < -0.3 is 5.11 Å². The first-order valence-corrected chi connectivity index (χ1v) is 4.42. The third-order valence-corrected chi connectivity index (χ3v) is 2.26. The Balaban J connectivity index is 2.86. The minimum absolute atomic E-state index is 0.0882. The normalized spacial score (nSPS) is 10.7. The molecule has 0 unspecified atom stereocenters. The summed E-state index contributed by atoms with van der Waals surface area (Å²) in [5, 5.41) is 9.19. The van der Waals surface area contributed by atoms with E-state index < -0.39 is 6.09 Å². The maximum Gasteiger partial charge on any atom is 0.418 e. The summed E-state index contributed by atoms with van der Waals surface area (Å²) in [7, 11) is 0. The molecule has 0 radical (unpaired) electrons. The zero-order chi connectivity index (χ0) is 10.3. The van der Waals surface area contributed by atoms with Crippen LogP contribution in [0.3, 0.4) is 0 Å². The zero-order valence-electron chi connectivity index (χ0n) is 6.74. The number of rotatable bonds is 0. The summed E-state index contributed by atoms with van der Waals surface area (Å²) in [4.78, 5) is 14.7. The molecule has 0 bridgehead atoms. The van der Waals surface area contributed by atoms with Crippen molar-refractivity contribution in [2.75, 3.05) is 0 Å². The number of imidazole rings is 1. The van der Waals surface area contributed by atoms with E-state index in [9.17, 15) is 4.79 Å². The van der Waals surface area contributed by atoms with Crippen molar-refractivity contribution in [3.05, 3.63) is 28.5 Å². The largest absolute Gasteiger partial charge is 0.464 e. The van der Waals surface area contributed by atoms with Gasteiger partial charge in [0.2, 0.25) is 5.28 Å². The average Bonchev–Trinajstić information content (AvgIpc) is 2.40. The van der Waals surface area contributed by atoms with Gasteiger partial charge in [-0.1, -0.05) is 11.6 Å². The molecule has 4 nitrogen and oxygen atoms in total. The standard InChI is InChI=1S/C8H4Cl2N2O2/c9-4-1-2-5-6(3-4)12(8(13)14)7(10)11-5/h1-3H,(H,13,14). The smallest absolute Gasteiger partial charge is 0.418 e. The summed E-state index contributed by atoms with van der Waals surface area (Å²) in [6.07, 6.45) is -1.18. The number of carboxylic acid groups (broad SMARTS) is 1. The maximum absolute atomic E-state index is 10.8. The third-order valence-electron chi connectivity index (χ3n) is 1.77. The second-order valence-electron chi connectivity index (χ2n) is 2.63. The monoisotopic (exact) mass is 230 g/mol. The Morgan fingerprint density at radius 1 is 1.43 bits per heavy atom. The number of hydrogen-bond acceptors (Lipinski definition) is 2. The topological polar surface area (TPSA) is 55.1 Å². The molecule has 0 aliphatic rings. The van der Waals surface area contributed by atoms with Gasteiger partial charge in [-0.25, -0.2) is 14.3 Å². The molecule has 0 amide bonds. The number of aromatic nitrogens is 2. The van der Waals surface area contributed by atoms with E-state index in [0.717, 1.165) is 4.57 Å². The highest BCUT2D eigenvalue weighted by molar-refractivity contribution is 6.32. The van der Waals surface area contributed by atoms with Crippen LogP contribution in [-0.2, 0) is 0 Å². The van der Waals surface area contributed by atoms with E-state index in [4.69, 9.17) is 28.3 Å². The summed E-state index contributed by atoms with van der Waals surface area (Å²) in [6.45, 7) is 0. The van der Waals surface area contributed by atoms with Crippen molar-refractivity contribution in [1.82, 2.24) is 9.55 Å². The fourth-order valence-corrected chi connectivity index (χ4v) is 1.62. The van der Waals surface area contributed by atoms with Gasteiger partial charge in [0.1, 0.15) is 0 Å². The van der Waals surface area contributed by atoms with Crippen molar-refractivity contribution in [2.24, 2.45) is 0 Å². The van der Waals surface area contributed by atoms with Crippen LogP contribution in [0.15, 0.2) is 18.2 Å². The van der Waals surface area contributed by atoms with Crippen LogP contribution in [0.4, 0.5) is 4.79 Å². The SMILES string of the molecule is O=C(O)n1c(Cl)nc2ccc(Cl)cc21. The first-order valence-electron chi connectivity index (χ1n) is 3.66. The Hall–Kier alpha value is -1.26. The molecule has 2 rings (SSSR count). The van der Waals surface area contributed by atoms with Crippen molar-refractivity contribution in [1.29, 1.82) is 0 Å². The van der Waals surface area contributed by atoms with E-state index in [1.807, 2.05) is 0 Å². The highest BCUT2D eigenvalue weighted by Gasteiger charge is 2.13. The van der Waals surface area contributed by atoms with E-state index in [2.05, 4.69) is 4.98 Å². The number of hydrogen-bond donors (Lipinski definition) is 1. The summed E-state index contributed by atoms with van der Waals surface area (Å²) in [5.74, 6) is 0. The predicted molar refractivity (Wildman–Crippen MR) is 53.2 cm³/mol. The van der Waals surface area contributed by atoms with E-state index in [-0.39, 0.29) is 5.28 Å². The van der Waals surface area contributed by atoms with E-state index in [0.29, 0.717) is 16.1 Å². The lowest BCUT2D eigenvalue weighted by molar-refractivity contribution is 0.197. The summed E-state index contributed by atoms with van der Waals surface area (Å²) in [6, 6.07) is 4.74. The molecule has 2 aromatic rings. The molecular weight excluding hydrogens is 227 g/mol. The van der Waals surface area contributed by atoms with Crippen LogP contribution in [0.2, 0.25) is 10.3 Å². The Labute approximate surface area is 88.7 Å². The Kier molecular flexibility index (Phi) is 2.09. The molecular formula is C8H4Cl2N2O2. The fourth-order valence-electron chi connectivity index (χ4n) is 1.20. The number of benzene rings is 1. The molecule has 72 valence electrons. The molecule has 0 saturated heterocycles. The Morgan fingerprint density at radius 2 is 2.14 bits per heavy atom. The summed E-state index contributed by atoms with van der Waals surface area (Å²) < 4.78 is 0.878. The van der Waals surface area contributed by atoms with Crippen molar-refractivity contribution in [3.63, 3.8) is 0 Å². The molecule has 1 aromatic carbocycles. The second kappa shape index (κ2) is 3.15. The Bertz CT molecular complexity index is 521. The molecule has 1 aromatic heterocycles. The highest BCUT2D eigenvalue weighted by Crippen LogP contribution is 2.22. The van der Waals surface area contributed by atoms with E-state index >= 15 is 0 Å². The number of carbonyl (C=O) groups is 1. The first kappa shape index (κ1) is 9.30. The van der Waals surface area contributed by atoms with Crippen LogP contribution in [0, 0.1) is 0 Å². The molecule has 0 aliphatic carbocycles. The van der Waals surface area contributed by atoms with Gasteiger partial charge in [0, 0.05) is 5.02 Å². The van der Waals surface area contributed by atoms with Crippen molar-refractivity contribution in [2.45, 2.75) is 0 Å². The fraction of sp³-hybridized carbons (Fsp3) is 0. The van der Waals surface area contributed by atoms with Gasteiger partial charge in [-0.05, 0) is 29.8 Å². The summed E-state index contributed by atoms with van der Waals surface area (Å²) in [5.41, 5.74) is 0.886. The van der Waals surface area contributed by atoms with Crippen molar-refractivity contribution in [3.8, 4) is 0 Å². The lowest BCUT2D eigenvalue weighted by Crippen LogP contribution is -2.07. The van der Waals surface area contributed by atoms with Crippen LogP contribution >= 0.6 is 23.2 Å². The molecule has 0 spiro atoms. The predicted octanol–water partition coefficient (Wildman–Crippen LogP) is 2.87. The molecule has 1 N–H and O–H groups in total. The Morgan fingerprint density at radius 3 is 2.79 bits per heavy atom. The average molecular weight is 231 g/mol. The lowest BCUT2D eigenvalue weighted by Gasteiger charge is -1.96. The van der Waals surface area contributed by atoms with Crippen LogP contribution < -0.4 is 0 Å². The maximum atomic E-state index is 10.8. The number of nitrogens with zero attached hydrogens (tertiary/aromatic N) is 2. The molecule has 1 heterocycles. The van der Waals surface area contributed by atoms with Gasteiger partial charge in [0.05, 0.1) is 11.0 Å². The van der Waals surface area contributed by atoms with Crippen molar-refractivity contribution < 1.29 is 9.90 Å². The van der Waals surface area contributed by atoms with Gasteiger partial charge in [0.25, 0.3) is 0 Å². The van der Waals surface area contributed by atoms with Gasteiger partial charge in [-0.2, -0.15) is 0 Å². The van der Waals surface area contributed by atoms with Crippen LogP contribution in [0.1, 0.15) is 0 Å². The van der Waals surface area contributed by atoms with Crippen LogP contribution in [0.25, 0.3) is 11.0 Å². The molecule has 6 heteroatoms. The van der Waals surface area contributed by atoms with Crippen molar-refractivity contribution >= 4 is 40.3 Å². The van der Waals surface area contributed by atoms with E-state index in [1.54, 1.807) is 12.1 Å². The zero-order valence-corrected chi connectivity index (χ0v) is 8.25. The summed E-state index contributed by atoms with van der Waals surface area (Å²) >= 11 is 11.4. The van der Waals surface area contributed by atoms with Gasteiger partial charge in [-0.3, -0.25) is 0 Å². The van der Waals surface area contributed by atoms with Gasteiger partial charge in [0.15, 0.2) is 0 Å². The van der Waals surface area contributed by atoms with E-state index in [1.165, 1.54) is 6.07 Å². The highest BCUT2D eigenvalue weighted by atomic mass is 35.5. The molecule has 0 fully saturated rings. The second-order valence-corrected chi connectivity index (χ2v) is 3.41. The van der Waals surface area contributed by atoms with Crippen LogP contribution in [-0.4, -0.2) is 20.8 Å².